The van der Waals surface area contributed by atoms with Crippen LogP contribution in [-0.4, -0.2) is 35.3 Å². The van der Waals surface area contributed by atoms with Crippen LogP contribution in [0.25, 0.3) is 22.1 Å². The Kier molecular flexibility index (Phi) is 5.86. The fourth-order valence-electron chi connectivity index (χ4n) is 4.57. The maximum absolute atomic E-state index is 14.1. The van der Waals surface area contributed by atoms with E-state index in [1.54, 1.807) is 35.3 Å². The van der Waals surface area contributed by atoms with Crippen LogP contribution >= 0.6 is 0 Å². The molecular weight excluding hydrogens is 492 g/mol. The van der Waals surface area contributed by atoms with Crippen LogP contribution in [0.15, 0.2) is 90.1 Å². The lowest BCUT2D eigenvalue weighted by molar-refractivity contribution is 0.0941. The monoisotopic (exact) mass is 514 g/mol. The van der Waals surface area contributed by atoms with Crippen LogP contribution in [0.1, 0.15) is 40.3 Å². The Balaban J connectivity index is 1.48. The fourth-order valence-corrected chi connectivity index (χ4v) is 4.57. The highest BCUT2D eigenvalue weighted by Crippen LogP contribution is 2.24. The molecule has 0 aliphatic heterocycles. The highest BCUT2D eigenvalue weighted by Gasteiger charge is 2.23. The molecule has 0 saturated heterocycles. The van der Waals surface area contributed by atoms with E-state index in [0.29, 0.717) is 39.1 Å². The van der Waals surface area contributed by atoms with E-state index >= 15 is 0 Å². The van der Waals surface area contributed by atoms with Crippen LogP contribution in [0, 0.1) is 11.8 Å². The smallest absolute Gasteiger partial charge is 0.264 e. The van der Waals surface area contributed by atoms with Gasteiger partial charge in [-0.2, -0.15) is 5.10 Å². The Bertz CT molecular complexity index is 1960. The van der Waals surface area contributed by atoms with Gasteiger partial charge in [-0.15, -0.1) is 5.10 Å². The first-order valence-electron chi connectivity index (χ1n) is 12.2. The first kappa shape index (κ1) is 23.7. The lowest BCUT2D eigenvalue weighted by Gasteiger charge is -2.21. The van der Waals surface area contributed by atoms with Gasteiger partial charge < -0.3 is 11.1 Å². The number of fused-ring (bicyclic) bond motifs is 2. The Labute approximate surface area is 222 Å². The Morgan fingerprint density at radius 3 is 2.69 bits per heavy atom. The molecule has 0 bridgehead atoms. The molecule has 0 radical (unpaired) electrons. The van der Waals surface area contributed by atoms with Gasteiger partial charge in [-0.3, -0.25) is 19.3 Å². The topological polar surface area (TPSA) is 136 Å². The molecule has 0 fully saturated rings. The third-order valence-corrected chi connectivity index (χ3v) is 6.36. The first-order chi connectivity index (χ1) is 19.0. The van der Waals surface area contributed by atoms with E-state index in [2.05, 4.69) is 37.4 Å². The van der Waals surface area contributed by atoms with Gasteiger partial charge in [0.05, 0.1) is 11.4 Å². The van der Waals surface area contributed by atoms with Crippen LogP contribution in [0.4, 0.5) is 5.82 Å². The van der Waals surface area contributed by atoms with E-state index < -0.39 is 11.9 Å². The van der Waals surface area contributed by atoms with Crippen molar-refractivity contribution in [3.8, 4) is 17.5 Å². The summed E-state index contributed by atoms with van der Waals surface area (Å²) in [6.07, 6.45) is 4.86. The zero-order valence-electron chi connectivity index (χ0n) is 20.8. The molecule has 6 rings (SSSR count). The second-order valence-electron chi connectivity index (χ2n) is 8.88. The van der Waals surface area contributed by atoms with Gasteiger partial charge in [-0.05, 0) is 54.6 Å². The second kappa shape index (κ2) is 9.64. The largest absolute Gasteiger partial charge is 0.381 e. The number of hydrogen-bond donors (Lipinski definition) is 3. The predicted molar refractivity (Wildman–Crippen MR) is 147 cm³/mol. The number of hydrogen-bond acceptors (Lipinski definition) is 6. The zero-order chi connectivity index (χ0) is 26.9. The molecular formula is C29H22N8O2. The highest BCUT2D eigenvalue weighted by molar-refractivity contribution is 6.04. The zero-order valence-corrected chi connectivity index (χ0v) is 20.8. The molecule has 2 aromatic carbocycles. The van der Waals surface area contributed by atoms with Gasteiger partial charge >= 0.3 is 0 Å². The normalized spacial score (nSPS) is 11.7. The van der Waals surface area contributed by atoms with Crippen molar-refractivity contribution in [3.63, 3.8) is 0 Å². The minimum atomic E-state index is -0.576. The van der Waals surface area contributed by atoms with Gasteiger partial charge in [0.1, 0.15) is 11.3 Å². The molecule has 10 nitrogen and oxygen atoms in total. The fraction of sp³-hybridized carbons (Fsp3) is 0.0690. The molecule has 6 aromatic rings. The summed E-state index contributed by atoms with van der Waals surface area (Å²) in [5.41, 5.74) is 8.82. The summed E-state index contributed by atoms with van der Waals surface area (Å²) in [5, 5.41) is 15.1. The number of nitrogens with one attached hydrogen (secondary N) is 2. The number of carbonyl (C=O) groups is 1. The third-order valence-electron chi connectivity index (χ3n) is 6.36. The summed E-state index contributed by atoms with van der Waals surface area (Å²) in [5.74, 6) is 5.74. The van der Waals surface area contributed by atoms with Gasteiger partial charge in [0.15, 0.2) is 11.5 Å². The molecule has 1 unspecified atom stereocenters. The lowest BCUT2D eigenvalue weighted by atomic mass is 10.0. The van der Waals surface area contributed by atoms with Crippen LogP contribution in [0.5, 0.6) is 0 Å². The SMILES string of the molecule is CC(NC(=O)c1c(N)nn2cccnc12)c1cc2cccc(C#Cc3ccn[nH]3)c2c(=O)n1-c1ccccc1. The minimum absolute atomic E-state index is 0.0674. The Morgan fingerprint density at radius 1 is 1.05 bits per heavy atom. The van der Waals surface area contributed by atoms with E-state index in [1.807, 2.05) is 61.5 Å². The summed E-state index contributed by atoms with van der Waals surface area (Å²) >= 11 is 0. The van der Waals surface area contributed by atoms with Crippen LogP contribution < -0.4 is 16.6 Å². The number of nitrogens with two attached hydrogens (primary N) is 1. The molecule has 39 heavy (non-hydrogen) atoms. The van der Waals surface area contributed by atoms with Crippen LogP contribution in [0.2, 0.25) is 0 Å². The van der Waals surface area contributed by atoms with Crippen molar-refractivity contribution in [2.45, 2.75) is 13.0 Å². The average Bonchev–Trinajstić information content (AvgIpc) is 3.59. The molecule has 0 saturated carbocycles. The number of para-hydroxylation sites is 1. The summed E-state index contributed by atoms with van der Waals surface area (Å²) < 4.78 is 3.06. The summed E-state index contributed by atoms with van der Waals surface area (Å²) in [6.45, 7) is 1.81. The van der Waals surface area contributed by atoms with Gasteiger partial charge in [0.25, 0.3) is 11.5 Å². The van der Waals surface area contributed by atoms with Crippen molar-refractivity contribution >= 4 is 28.1 Å². The van der Waals surface area contributed by atoms with E-state index in [1.165, 1.54) is 4.52 Å². The quantitative estimate of drug-likeness (QED) is 0.309. The van der Waals surface area contributed by atoms with Crippen molar-refractivity contribution in [1.29, 1.82) is 0 Å². The third kappa shape index (κ3) is 4.28. The molecule has 1 atom stereocenters. The molecule has 4 N–H and O–H groups in total. The van der Waals surface area contributed by atoms with E-state index in [4.69, 9.17) is 5.73 Å². The van der Waals surface area contributed by atoms with Crippen LogP contribution in [0.3, 0.4) is 0 Å². The van der Waals surface area contributed by atoms with Gasteiger partial charge in [-0.1, -0.05) is 36.3 Å². The molecule has 1 amide bonds. The molecule has 4 aromatic heterocycles. The van der Waals surface area contributed by atoms with Gasteiger partial charge in [0.2, 0.25) is 0 Å². The van der Waals surface area contributed by atoms with E-state index in [-0.39, 0.29) is 16.9 Å². The summed E-state index contributed by atoms with van der Waals surface area (Å²) in [7, 11) is 0. The van der Waals surface area contributed by atoms with Crippen molar-refractivity contribution < 1.29 is 4.79 Å². The van der Waals surface area contributed by atoms with Gasteiger partial charge in [0, 0.05) is 35.5 Å². The summed E-state index contributed by atoms with van der Waals surface area (Å²) in [4.78, 5) is 31.7. The number of pyridine rings is 1. The molecule has 190 valence electrons. The number of aromatic amines is 1. The number of rotatable bonds is 4. The average molecular weight is 515 g/mol. The first-order valence-corrected chi connectivity index (χ1v) is 12.2. The molecule has 4 heterocycles. The van der Waals surface area contributed by atoms with Crippen molar-refractivity contribution in [2.75, 3.05) is 5.73 Å². The van der Waals surface area contributed by atoms with Crippen molar-refractivity contribution in [2.24, 2.45) is 0 Å². The number of nitrogens with zero attached hydrogens (tertiary/aromatic N) is 5. The molecule has 10 heteroatoms. The predicted octanol–water partition coefficient (Wildman–Crippen LogP) is 3.23. The number of benzene rings is 2. The lowest BCUT2D eigenvalue weighted by Crippen LogP contribution is -2.32. The number of H-pyrrole nitrogens is 1. The molecule has 0 spiro atoms. The van der Waals surface area contributed by atoms with E-state index in [0.717, 1.165) is 0 Å². The highest BCUT2D eigenvalue weighted by atomic mass is 16.2. The van der Waals surface area contributed by atoms with Gasteiger partial charge in [-0.25, -0.2) is 9.50 Å². The Morgan fingerprint density at radius 2 is 1.90 bits per heavy atom. The molecule has 0 aliphatic carbocycles. The van der Waals surface area contributed by atoms with Crippen molar-refractivity contribution in [3.05, 3.63) is 118 Å². The van der Waals surface area contributed by atoms with Crippen molar-refractivity contribution in [1.82, 2.24) is 34.7 Å². The van der Waals surface area contributed by atoms with Crippen LogP contribution in [-0.2, 0) is 0 Å². The minimum Gasteiger partial charge on any atom is -0.381 e. The number of carbonyl (C=O) groups excluding carboxylic acids is 1. The summed E-state index contributed by atoms with van der Waals surface area (Å²) in [6, 6.07) is 19.6. The number of anilines is 1. The number of amides is 1. The number of nitrogen functional groups attached to an aromatic ring is 1. The second-order valence-corrected chi connectivity index (χ2v) is 8.88. The maximum Gasteiger partial charge on any atom is 0.264 e. The number of aromatic nitrogens is 6. The maximum atomic E-state index is 14.1. The Hall–Kier alpha value is -5.69. The standard InChI is InChI=1S/C29H22N8O2/c1-18(33-28(38)25-26(30)35-36-16-6-14-31-27(25)36)23-17-20-8-5-7-19(11-12-21-13-15-32-34-21)24(20)29(39)37(23)22-9-3-2-4-10-22/h2-10,13-18H,1H3,(H2,30,35)(H,32,34)(H,33,38). The molecule has 0 aliphatic rings. The van der Waals surface area contributed by atoms with E-state index in [9.17, 15) is 9.59 Å².